The van der Waals surface area contributed by atoms with E-state index in [1.807, 2.05) is 12.1 Å². The first-order chi connectivity index (χ1) is 20.4. The van der Waals surface area contributed by atoms with Gasteiger partial charge in [-0.25, -0.2) is 19.2 Å². The number of ether oxygens (including phenoxy) is 2. The molecule has 10 nitrogen and oxygen atoms in total. The standard InChI is InChI=1S/C33H36N4O6/c1-23(2)30(38)42-22-36(26-15-10-8-11-16-26)32(40)34(6)28-19-14-20-29(21-28)35(7)33(41)37(27-17-12-9-13-18-27)25(5)43-31(39)24(3)4/h8-21,25H,1,3,22H2,2,4-7H3. The number of rotatable bonds is 10. The Morgan fingerprint density at radius 3 is 1.65 bits per heavy atom. The molecule has 0 radical (unpaired) electrons. The topological polar surface area (TPSA) is 99.7 Å². The summed E-state index contributed by atoms with van der Waals surface area (Å²) in [5.41, 5.74) is 2.41. The van der Waals surface area contributed by atoms with Crippen LogP contribution in [-0.2, 0) is 19.1 Å². The van der Waals surface area contributed by atoms with Crippen LogP contribution in [0.1, 0.15) is 20.8 Å². The Morgan fingerprint density at radius 2 is 1.14 bits per heavy atom. The van der Waals surface area contributed by atoms with Crippen molar-refractivity contribution in [3.8, 4) is 0 Å². The molecule has 0 heterocycles. The van der Waals surface area contributed by atoms with Crippen molar-refractivity contribution in [2.75, 3.05) is 40.4 Å². The summed E-state index contributed by atoms with van der Waals surface area (Å²) in [4.78, 5) is 57.3. The summed E-state index contributed by atoms with van der Waals surface area (Å²) in [5.74, 6) is -1.24. The minimum Gasteiger partial charge on any atom is -0.440 e. The molecule has 0 aliphatic heterocycles. The van der Waals surface area contributed by atoms with Gasteiger partial charge in [0.25, 0.3) is 0 Å². The molecule has 1 atom stereocenters. The molecule has 0 fully saturated rings. The Labute approximate surface area is 252 Å². The third-order valence-corrected chi connectivity index (χ3v) is 6.38. The normalized spacial score (nSPS) is 11.0. The zero-order valence-electron chi connectivity index (χ0n) is 25.0. The minimum atomic E-state index is -0.949. The molecule has 3 rings (SSSR count). The lowest BCUT2D eigenvalue weighted by molar-refractivity contribution is -0.143. The molecule has 3 aromatic rings. The number of benzene rings is 3. The van der Waals surface area contributed by atoms with Crippen LogP contribution < -0.4 is 19.6 Å². The largest absolute Gasteiger partial charge is 0.440 e. The number of nitrogens with zero attached hydrogens (tertiary/aromatic N) is 4. The van der Waals surface area contributed by atoms with E-state index < -0.39 is 30.2 Å². The SMILES string of the molecule is C=C(C)C(=O)OCN(C(=O)N(C)c1cccc(N(C)C(=O)N(c2ccccc2)C(C)OC(=O)C(=C)C)c1)c1ccccc1. The van der Waals surface area contributed by atoms with Gasteiger partial charge in [-0.3, -0.25) is 19.6 Å². The Bertz CT molecular complexity index is 1490. The van der Waals surface area contributed by atoms with Crippen molar-refractivity contribution in [3.63, 3.8) is 0 Å². The summed E-state index contributed by atoms with van der Waals surface area (Å²) < 4.78 is 10.8. The van der Waals surface area contributed by atoms with E-state index in [0.29, 0.717) is 22.7 Å². The number of para-hydroxylation sites is 2. The molecule has 0 spiro atoms. The van der Waals surface area contributed by atoms with Gasteiger partial charge in [0.15, 0.2) is 13.0 Å². The van der Waals surface area contributed by atoms with E-state index in [-0.39, 0.29) is 17.9 Å². The molecular weight excluding hydrogens is 548 g/mol. The van der Waals surface area contributed by atoms with Crippen molar-refractivity contribution in [1.82, 2.24) is 0 Å². The molecule has 0 saturated heterocycles. The van der Waals surface area contributed by atoms with Crippen molar-refractivity contribution in [1.29, 1.82) is 0 Å². The number of hydrogen-bond donors (Lipinski definition) is 0. The monoisotopic (exact) mass is 584 g/mol. The number of hydrogen-bond acceptors (Lipinski definition) is 6. The lowest BCUT2D eigenvalue weighted by Gasteiger charge is -2.33. The number of carbonyl (C=O) groups excluding carboxylic acids is 4. The van der Waals surface area contributed by atoms with E-state index in [2.05, 4.69) is 13.2 Å². The van der Waals surface area contributed by atoms with Crippen molar-refractivity contribution >= 4 is 46.8 Å². The van der Waals surface area contributed by atoms with Crippen LogP contribution in [-0.4, -0.2) is 51.1 Å². The fourth-order valence-electron chi connectivity index (χ4n) is 3.94. The van der Waals surface area contributed by atoms with E-state index in [9.17, 15) is 19.2 Å². The molecule has 0 saturated carbocycles. The molecule has 0 aliphatic carbocycles. The van der Waals surface area contributed by atoms with Crippen LogP contribution in [0.3, 0.4) is 0 Å². The van der Waals surface area contributed by atoms with Crippen LogP contribution >= 0.6 is 0 Å². The van der Waals surface area contributed by atoms with E-state index in [4.69, 9.17) is 9.47 Å². The maximum absolute atomic E-state index is 13.8. The Kier molecular flexibility index (Phi) is 10.8. The first kappa shape index (κ1) is 32.1. The smallest absolute Gasteiger partial charge is 0.335 e. The Morgan fingerprint density at radius 1 is 0.674 bits per heavy atom. The summed E-state index contributed by atoms with van der Waals surface area (Å²) in [6.07, 6.45) is -0.949. The molecule has 3 aromatic carbocycles. The summed E-state index contributed by atoms with van der Waals surface area (Å²) in [6.45, 7) is 11.5. The summed E-state index contributed by atoms with van der Waals surface area (Å²) >= 11 is 0. The molecule has 0 aromatic heterocycles. The maximum atomic E-state index is 13.8. The highest BCUT2D eigenvalue weighted by molar-refractivity contribution is 6.06. The van der Waals surface area contributed by atoms with Crippen molar-refractivity contribution in [2.45, 2.75) is 27.0 Å². The van der Waals surface area contributed by atoms with Crippen LogP contribution in [0, 0.1) is 0 Å². The van der Waals surface area contributed by atoms with Gasteiger partial charge >= 0.3 is 24.0 Å². The summed E-state index contributed by atoms with van der Waals surface area (Å²) in [6, 6.07) is 23.5. The molecule has 10 heteroatoms. The van der Waals surface area contributed by atoms with Gasteiger partial charge in [0, 0.05) is 48.0 Å². The highest BCUT2D eigenvalue weighted by Crippen LogP contribution is 2.27. The number of amides is 4. The third kappa shape index (κ3) is 8.10. The molecule has 0 N–H and O–H groups in total. The lowest BCUT2D eigenvalue weighted by Crippen LogP contribution is -2.48. The van der Waals surface area contributed by atoms with E-state index in [1.165, 1.54) is 33.4 Å². The van der Waals surface area contributed by atoms with Crippen molar-refractivity contribution in [3.05, 3.63) is 109 Å². The van der Waals surface area contributed by atoms with Crippen molar-refractivity contribution in [2.24, 2.45) is 0 Å². The van der Waals surface area contributed by atoms with Crippen LogP contribution in [0.5, 0.6) is 0 Å². The molecule has 43 heavy (non-hydrogen) atoms. The molecule has 224 valence electrons. The first-order valence-corrected chi connectivity index (χ1v) is 13.4. The molecule has 0 bridgehead atoms. The van der Waals surface area contributed by atoms with Crippen LogP contribution in [0.25, 0.3) is 0 Å². The minimum absolute atomic E-state index is 0.208. The fraction of sp³-hybridized carbons (Fsp3) is 0.212. The number of esters is 2. The van der Waals surface area contributed by atoms with Gasteiger partial charge in [0.2, 0.25) is 0 Å². The van der Waals surface area contributed by atoms with Gasteiger partial charge in [-0.1, -0.05) is 55.6 Å². The van der Waals surface area contributed by atoms with Gasteiger partial charge in [-0.15, -0.1) is 0 Å². The number of anilines is 4. The highest BCUT2D eigenvalue weighted by atomic mass is 16.6. The van der Waals surface area contributed by atoms with Crippen LogP contribution in [0.4, 0.5) is 32.3 Å². The van der Waals surface area contributed by atoms with E-state index in [1.54, 1.807) is 93.8 Å². The predicted molar refractivity (Wildman–Crippen MR) is 168 cm³/mol. The molecule has 1 unspecified atom stereocenters. The fourth-order valence-corrected chi connectivity index (χ4v) is 3.94. The van der Waals surface area contributed by atoms with Gasteiger partial charge in [0.1, 0.15) is 0 Å². The second-order valence-corrected chi connectivity index (χ2v) is 9.80. The summed E-state index contributed by atoms with van der Waals surface area (Å²) in [7, 11) is 3.16. The lowest BCUT2D eigenvalue weighted by atomic mass is 10.2. The van der Waals surface area contributed by atoms with Crippen LogP contribution in [0.15, 0.2) is 109 Å². The highest BCUT2D eigenvalue weighted by Gasteiger charge is 2.29. The molecular formula is C33H36N4O6. The summed E-state index contributed by atoms with van der Waals surface area (Å²) in [5, 5.41) is 0. The van der Waals surface area contributed by atoms with Crippen molar-refractivity contribution < 1.29 is 28.7 Å². The van der Waals surface area contributed by atoms with Gasteiger partial charge in [-0.2, -0.15) is 0 Å². The number of carbonyl (C=O) groups is 4. The number of urea groups is 2. The van der Waals surface area contributed by atoms with Gasteiger partial charge < -0.3 is 9.47 Å². The van der Waals surface area contributed by atoms with Gasteiger partial charge in [0.05, 0.1) is 0 Å². The average Bonchev–Trinajstić information content (AvgIpc) is 3.01. The van der Waals surface area contributed by atoms with Crippen LogP contribution in [0.2, 0.25) is 0 Å². The first-order valence-electron chi connectivity index (χ1n) is 13.4. The second kappa shape index (κ2) is 14.5. The average molecular weight is 585 g/mol. The second-order valence-electron chi connectivity index (χ2n) is 9.80. The third-order valence-electron chi connectivity index (χ3n) is 6.38. The molecule has 0 aliphatic rings. The van der Waals surface area contributed by atoms with Gasteiger partial charge in [-0.05, 0) is 63.2 Å². The quantitative estimate of drug-likeness (QED) is 0.156. The van der Waals surface area contributed by atoms with E-state index >= 15 is 0 Å². The molecule has 4 amide bonds. The van der Waals surface area contributed by atoms with E-state index in [0.717, 1.165) is 0 Å². The predicted octanol–water partition coefficient (Wildman–Crippen LogP) is 6.35. The Balaban J connectivity index is 1.89. The zero-order chi connectivity index (χ0) is 31.7. The zero-order valence-corrected chi connectivity index (χ0v) is 25.0. The maximum Gasteiger partial charge on any atom is 0.335 e. The Hall–Kier alpha value is -5.38.